The summed E-state index contributed by atoms with van der Waals surface area (Å²) in [5.41, 5.74) is 1.22. The summed E-state index contributed by atoms with van der Waals surface area (Å²) in [5.74, 6) is 0.738. The minimum absolute atomic E-state index is 0.737. The van der Waals surface area contributed by atoms with Crippen LogP contribution in [0.2, 0.25) is 0 Å². The molecule has 5 nitrogen and oxygen atoms in total. The predicted octanol–water partition coefficient (Wildman–Crippen LogP) is 2.81. The second kappa shape index (κ2) is 7.13. The lowest BCUT2D eigenvalue weighted by Gasteiger charge is -2.07. The van der Waals surface area contributed by atoms with E-state index in [1.165, 1.54) is 10.5 Å². The number of hydrogen-bond acceptors (Lipinski definition) is 5. The standard InChI is InChI=1S/C13H19N5S/c1-3-4-9-18-13(15-16-17-18)14-10-11-5-7-12(19-2)8-6-11/h5-8H,3-4,9-10H2,1-2H3,(H,14,15,17). The van der Waals surface area contributed by atoms with Gasteiger partial charge in [-0.2, -0.15) is 0 Å². The van der Waals surface area contributed by atoms with Crippen molar-refractivity contribution in [1.29, 1.82) is 0 Å². The maximum atomic E-state index is 4.00. The van der Waals surface area contributed by atoms with Crippen LogP contribution in [-0.4, -0.2) is 26.5 Å². The van der Waals surface area contributed by atoms with Crippen molar-refractivity contribution >= 4 is 17.7 Å². The van der Waals surface area contributed by atoms with Gasteiger partial charge in [0.25, 0.3) is 0 Å². The van der Waals surface area contributed by atoms with E-state index in [-0.39, 0.29) is 0 Å². The minimum atomic E-state index is 0.737. The number of unbranched alkanes of at least 4 members (excludes halogenated alkanes) is 1. The highest BCUT2D eigenvalue weighted by molar-refractivity contribution is 7.98. The van der Waals surface area contributed by atoms with Gasteiger partial charge >= 0.3 is 0 Å². The molecule has 0 saturated carbocycles. The third-order valence-corrected chi connectivity index (χ3v) is 3.61. The van der Waals surface area contributed by atoms with Crippen LogP contribution in [0.1, 0.15) is 25.3 Å². The lowest BCUT2D eigenvalue weighted by Crippen LogP contribution is -2.09. The Morgan fingerprint density at radius 2 is 2.05 bits per heavy atom. The lowest BCUT2D eigenvalue weighted by molar-refractivity contribution is 0.556. The largest absolute Gasteiger partial charge is 0.349 e. The van der Waals surface area contributed by atoms with Crippen LogP contribution in [0.3, 0.4) is 0 Å². The van der Waals surface area contributed by atoms with Crippen molar-refractivity contribution in [2.75, 3.05) is 11.6 Å². The maximum absolute atomic E-state index is 4.00. The normalized spacial score (nSPS) is 10.6. The molecule has 0 aliphatic heterocycles. The Kier molecular flexibility index (Phi) is 5.20. The Labute approximate surface area is 117 Å². The van der Waals surface area contributed by atoms with Crippen LogP contribution in [0.25, 0.3) is 0 Å². The first-order chi connectivity index (χ1) is 9.33. The summed E-state index contributed by atoms with van der Waals surface area (Å²) in [5, 5.41) is 15.0. The summed E-state index contributed by atoms with van der Waals surface area (Å²) in [7, 11) is 0. The first-order valence-corrected chi connectivity index (χ1v) is 7.69. The number of rotatable bonds is 7. The fourth-order valence-electron chi connectivity index (χ4n) is 1.71. The van der Waals surface area contributed by atoms with Crippen molar-refractivity contribution in [3.8, 4) is 0 Å². The average molecular weight is 277 g/mol. The van der Waals surface area contributed by atoms with E-state index in [2.05, 4.69) is 58.3 Å². The summed E-state index contributed by atoms with van der Waals surface area (Å²) in [4.78, 5) is 1.27. The van der Waals surface area contributed by atoms with E-state index in [0.717, 1.165) is 31.9 Å². The van der Waals surface area contributed by atoms with Crippen LogP contribution in [-0.2, 0) is 13.1 Å². The molecule has 0 aliphatic rings. The SMILES string of the molecule is CCCCn1nnnc1NCc1ccc(SC)cc1. The number of thioether (sulfide) groups is 1. The van der Waals surface area contributed by atoms with E-state index in [4.69, 9.17) is 0 Å². The molecule has 0 unspecified atom stereocenters. The van der Waals surface area contributed by atoms with Crippen molar-refractivity contribution in [3.63, 3.8) is 0 Å². The number of aromatic nitrogens is 4. The van der Waals surface area contributed by atoms with Gasteiger partial charge in [-0.3, -0.25) is 0 Å². The molecular formula is C13H19N5S. The van der Waals surface area contributed by atoms with Gasteiger partial charge in [-0.05, 0) is 40.8 Å². The smallest absolute Gasteiger partial charge is 0.243 e. The highest BCUT2D eigenvalue weighted by Crippen LogP contribution is 2.15. The third-order valence-electron chi connectivity index (χ3n) is 2.87. The molecule has 6 heteroatoms. The summed E-state index contributed by atoms with van der Waals surface area (Å²) >= 11 is 1.75. The van der Waals surface area contributed by atoms with Gasteiger partial charge in [-0.1, -0.05) is 30.6 Å². The molecule has 1 aromatic carbocycles. The van der Waals surface area contributed by atoms with Crippen molar-refractivity contribution in [2.45, 2.75) is 37.8 Å². The molecule has 19 heavy (non-hydrogen) atoms. The van der Waals surface area contributed by atoms with E-state index in [1.807, 2.05) is 4.68 Å². The summed E-state index contributed by atoms with van der Waals surface area (Å²) in [6, 6.07) is 8.50. The van der Waals surface area contributed by atoms with Gasteiger partial charge in [0.05, 0.1) is 0 Å². The Morgan fingerprint density at radius 1 is 1.26 bits per heavy atom. The van der Waals surface area contributed by atoms with Crippen molar-refractivity contribution in [1.82, 2.24) is 20.2 Å². The summed E-state index contributed by atoms with van der Waals surface area (Å²) < 4.78 is 1.82. The van der Waals surface area contributed by atoms with Gasteiger partial charge in [-0.15, -0.1) is 11.8 Å². The van der Waals surface area contributed by atoms with Gasteiger partial charge < -0.3 is 5.32 Å². The van der Waals surface area contributed by atoms with Gasteiger partial charge in [0.15, 0.2) is 0 Å². The highest BCUT2D eigenvalue weighted by atomic mass is 32.2. The number of anilines is 1. The summed E-state index contributed by atoms with van der Waals surface area (Å²) in [6.07, 6.45) is 4.30. The summed E-state index contributed by atoms with van der Waals surface area (Å²) in [6.45, 7) is 3.75. The highest BCUT2D eigenvalue weighted by Gasteiger charge is 2.04. The zero-order valence-electron chi connectivity index (χ0n) is 11.3. The molecule has 0 fully saturated rings. The van der Waals surface area contributed by atoms with Crippen LogP contribution in [0, 0.1) is 0 Å². The number of benzene rings is 1. The van der Waals surface area contributed by atoms with E-state index >= 15 is 0 Å². The molecule has 1 N–H and O–H groups in total. The first-order valence-electron chi connectivity index (χ1n) is 6.46. The number of hydrogen-bond donors (Lipinski definition) is 1. The first kappa shape index (κ1) is 13.9. The van der Waals surface area contributed by atoms with E-state index < -0.39 is 0 Å². The molecule has 0 spiro atoms. The molecular weight excluding hydrogens is 258 g/mol. The maximum Gasteiger partial charge on any atom is 0.243 e. The Morgan fingerprint density at radius 3 is 2.74 bits per heavy atom. The van der Waals surface area contributed by atoms with Crippen LogP contribution >= 0.6 is 11.8 Å². The second-order valence-corrected chi connectivity index (χ2v) is 5.16. The molecule has 102 valence electrons. The van der Waals surface area contributed by atoms with Crippen molar-refractivity contribution in [3.05, 3.63) is 29.8 Å². The molecule has 0 bridgehead atoms. The molecule has 0 aliphatic carbocycles. The number of nitrogens with one attached hydrogen (secondary N) is 1. The Hall–Kier alpha value is -1.56. The van der Waals surface area contributed by atoms with Crippen LogP contribution < -0.4 is 5.32 Å². The molecule has 0 atom stereocenters. The molecule has 0 radical (unpaired) electrons. The van der Waals surface area contributed by atoms with Crippen molar-refractivity contribution < 1.29 is 0 Å². The van der Waals surface area contributed by atoms with Gasteiger partial charge in [0.1, 0.15) is 0 Å². The molecule has 2 aromatic rings. The van der Waals surface area contributed by atoms with Gasteiger partial charge in [0.2, 0.25) is 5.95 Å². The lowest BCUT2D eigenvalue weighted by atomic mass is 10.2. The number of aryl methyl sites for hydroxylation is 1. The quantitative estimate of drug-likeness (QED) is 0.789. The fraction of sp³-hybridized carbons (Fsp3) is 0.462. The zero-order valence-corrected chi connectivity index (χ0v) is 12.2. The fourth-order valence-corrected chi connectivity index (χ4v) is 2.12. The Bertz CT molecular complexity index is 494. The third kappa shape index (κ3) is 3.96. The second-order valence-electron chi connectivity index (χ2n) is 4.28. The van der Waals surface area contributed by atoms with Crippen molar-refractivity contribution in [2.24, 2.45) is 0 Å². The van der Waals surface area contributed by atoms with E-state index in [1.54, 1.807) is 11.8 Å². The molecule has 0 saturated heterocycles. The van der Waals surface area contributed by atoms with E-state index in [0.29, 0.717) is 0 Å². The molecule has 2 rings (SSSR count). The van der Waals surface area contributed by atoms with E-state index in [9.17, 15) is 0 Å². The van der Waals surface area contributed by atoms with Crippen LogP contribution in [0.4, 0.5) is 5.95 Å². The molecule has 1 aromatic heterocycles. The predicted molar refractivity (Wildman–Crippen MR) is 78.3 cm³/mol. The number of nitrogens with zero attached hydrogens (tertiary/aromatic N) is 4. The number of tetrazole rings is 1. The molecule has 0 amide bonds. The topological polar surface area (TPSA) is 55.6 Å². The average Bonchev–Trinajstić information content (AvgIpc) is 2.91. The Balaban J connectivity index is 1.92. The van der Waals surface area contributed by atoms with Crippen LogP contribution in [0.5, 0.6) is 0 Å². The monoisotopic (exact) mass is 277 g/mol. The minimum Gasteiger partial charge on any atom is -0.349 e. The zero-order chi connectivity index (χ0) is 13.5. The van der Waals surface area contributed by atoms with Gasteiger partial charge in [0, 0.05) is 18.0 Å². The van der Waals surface area contributed by atoms with Crippen LogP contribution in [0.15, 0.2) is 29.2 Å². The molecule has 1 heterocycles. The van der Waals surface area contributed by atoms with Gasteiger partial charge in [-0.25, -0.2) is 4.68 Å².